The number of amides is 2. The van der Waals surface area contributed by atoms with Crippen molar-refractivity contribution in [3.8, 4) is 10.6 Å². The van der Waals surface area contributed by atoms with Crippen LogP contribution in [0.15, 0.2) is 60.7 Å². The molecule has 0 bridgehead atoms. The van der Waals surface area contributed by atoms with E-state index in [-0.39, 0.29) is 5.91 Å². The second kappa shape index (κ2) is 9.43. The number of benzene rings is 2. The Hall–Kier alpha value is -2.77. The number of carbonyl (C=O) groups is 2. The molecule has 0 aliphatic carbocycles. The van der Waals surface area contributed by atoms with Crippen LogP contribution >= 0.6 is 22.9 Å². The summed E-state index contributed by atoms with van der Waals surface area (Å²) >= 11 is 7.12. The quantitative estimate of drug-likeness (QED) is 0.579. The first-order valence-corrected chi connectivity index (χ1v) is 9.96. The summed E-state index contributed by atoms with van der Waals surface area (Å²) in [6, 6.07) is 18.3. The van der Waals surface area contributed by atoms with Gasteiger partial charge >= 0.3 is 0 Å². The van der Waals surface area contributed by atoms with E-state index < -0.39 is 17.3 Å². The fraction of sp³-hybridized carbons (Fsp3) is 0.200. The Morgan fingerprint density at radius 2 is 1.64 bits per heavy atom. The highest BCUT2D eigenvalue weighted by molar-refractivity contribution is 7.18. The van der Waals surface area contributed by atoms with Crippen molar-refractivity contribution in [2.24, 2.45) is 0 Å². The van der Waals surface area contributed by atoms with Crippen LogP contribution < -0.4 is 10.6 Å². The van der Waals surface area contributed by atoms with Gasteiger partial charge in [0.05, 0.1) is 0 Å². The number of nitrogens with one attached hydrogen (secondary N) is 2. The van der Waals surface area contributed by atoms with Gasteiger partial charge in [-0.1, -0.05) is 72.0 Å². The molecule has 0 aliphatic heterocycles. The van der Waals surface area contributed by atoms with Gasteiger partial charge in [-0.2, -0.15) is 0 Å². The molecule has 0 saturated heterocycles. The smallest absolute Gasteiger partial charge is 0.249 e. The van der Waals surface area contributed by atoms with E-state index in [1.165, 1.54) is 11.3 Å². The molecular formula is C20H19ClN4O2S. The van der Waals surface area contributed by atoms with E-state index in [1.54, 1.807) is 6.92 Å². The minimum Gasteiger partial charge on any atom is -0.343 e. The van der Waals surface area contributed by atoms with Gasteiger partial charge in [0.15, 0.2) is 0 Å². The van der Waals surface area contributed by atoms with Gasteiger partial charge in [0.25, 0.3) is 0 Å². The molecule has 28 heavy (non-hydrogen) atoms. The Bertz CT molecular complexity index is 932. The molecule has 3 aromatic rings. The molecule has 0 saturated carbocycles. The zero-order valence-electron chi connectivity index (χ0n) is 15.1. The number of alkyl halides is 1. The molecule has 2 aromatic carbocycles. The van der Waals surface area contributed by atoms with Gasteiger partial charge in [-0.25, -0.2) is 0 Å². The summed E-state index contributed by atoms with van der Waals surface area (Å²) in [4.78, 5) is 24.8. The summed E-state index contributed by atoms with van der Waals surface area (Å²) in [6.07, 6.45) is 0.340. The van der Waals surface area contributed by atoms with Crippen LogP contribution in [0.25, 0.3) is 10.6 Å². The van der Waals surface area contributed by atoms with E-state index in [9.17, 15) is 9.59 Å². The lowest BCUT2D eigenvalue weighted by Crippen LogP contribution is -2.47. The Morgan fingerprint density at radius 1 is 1.00 bits per heavy atom. The van der Waals surface area contributed by atoms with Gasteiger partial charge in [-0.15, -0.1) is 21.8 Å². The highest BCUT2D eigenvalue weighted by Gasteiger charge is 2.24. The Balaban J connectivity index is 1.73. The zero-order valence-corrected chi connectivity index (χ0v) is 16.7. The van der Waals surface area contributed by atoms with Crippen LogP contribution in [0, 0.1) is 0 Å². The van der Waals surface area contributed by atoms with Crippen LogP contribution in [0.3, 0.4) is 0 Å². The first kappa shape index (κ1) is 20.0. The highest BCUT2D eigenvalue weighted by Crippen LogP contribution is 2.26. The SMILES string of the molecule is C[C@@H](Cl)C(=O)N[C@H](Cc1ccccc1)C(=O)Nc1nnc(-c2ccccc2)s1. The number of nitrogens with zero attached hydrogens (tertiary/aromatic N) is 2. The summed E-state index contributed by atoms with van der Waals surface area (Å²) in [7, 11) is 0. The minimum absolute atomic E-state index is 0.340. The van der Waals surface area contributed by atoms with E-state index in [4.69, 9.17) is 11.6 Å². The number of carbonyl (C=O) groups excluding carboxylic acids is 2. The summed E-state index contributed by atoms with van der Waals surface area (Å²) < 4.78 is 0. The molecule has 3 rings (SSSR count). The second-order valence-corrected chi connectivity index (χ2v) is 7.77. The van der Waals surface area contributed by atoms with Crippen LogP contribution in [0.4, 0.5) is 5.13 Å². The van der Waals surface area contributed by atoms with Crippen LogP contribution in [-0.4, -0.2) is 33.4 Å². The standard InChI is InChI=1S/C20H19ClN4O2S/c1-13(21)17(26)22-16(12-14-8-4-2-5-9-14)18(27)23-20-25-24-19(28-20)15-10-6-3-7-11-15/h2-11,13,16H,12H2,1H3,(H,22,26)(H,23,25,27)/t13-,16-/m1/s1. The highest BCUT2D eigenvalue weighted by atomic mass is 35.5. The number of hydrogen-bond donors (Lipinski definition) is 2. The average molecular weight is 415 g/mol. The average Bonchev–Trinajstić information content (AvgIpc) is 3.17. The van der Waals surface area contributed by atoms with Crippen molar-refractivity contribution in [2.75, 3.05) is 5.32 Å². The number of rotatable bonds is 7. The number of aromatic nitrogens is 2. The summed E-state index contributed by atoms with van der Waals surface area (Å²) in [5, 5.41) is 13.9. The molecule has 0 radical (unpaired) electrons. The third-order valence-electron chi connectivity index (χ3n) is 3.95. The van der Waals surface area contributed by atoms with E-state index in [0.717, 1.165) is 11.1 Å². The minimum atomic E-state index is -0.778. The zero-order chi connectivity index (χ0) is 19.9. The molecular weight excluding hydrogens is 396 g/mol. The maximum Gasteiger partial charge on any atom is 0.249 e. The molecule has 2 N–H and O–H groups in total. The van der Waals surface area contributed by atoms with Gasteiger partial charge in [0.1, 0.15) is 16.4 Å². The molecule has 8 heteroatoms. The molecule has 144 valence electrons. The molecule has 1 aromatic heterocycles. The summed E-state index contributed by atoms with van der Waals surface area (Å²) in [6.45, 7) is 1.56. The van der Waals surface area contributed by atoms with Gasteiger partial charge in [0, 0.05) is 12.0 Å². The van der Waals surface area contributed by atoms with Crippen molar-refractivity contribution in [1.29, 1.82) is 0 Å². The van der Waals surface area contributed by atoms with Crippen molar-refractivity contribution < 1.29 is 9.59 Å². The second-order valence-electron chi connectivity index (χ2n) is 6.13. The third-order valence-corrected chi connectivity index (χ3v) is 5.04. The Kier molecular flexibility index (Phi) is 6.73. The van der Waals surface area contributed by atoms with Crippen LogP contribution in [-0.2, 0) is 16.0 Å². The van der Waals surface area contributed by atoms with Gasteiger partial charge in [-0.05, 0) is 12.5 Å². The fourth-order valence-electron chi connectivity index (χ4n) is 2.51. The van der Waals surface area contributed by atoms with Gasteiger partial charge in [-0.3, -0.25) is 14.9 Å². The van der Waals surface area contributed by atoms with Crippen molar-refractivity contribution in [2.45, 2.75) is 24.8 Å². The monoisotopic (exact) mass is 414 g/mol. The van der Waals surface area contributed by atoms with E-state index in [2.05, 4.69) is 20.8 Å². The lowest BCUT2D eigenvalue weighted by molar-refractivity contribution is -0.126. The third kappa shape index (κ3) is 5.37. The van der Waals surface area contributed by atoms with Crippen LogP contribution in [0.1, 0.15) is 12.5 Å². The molecule has 2 amide bonds. The molecule has 0 spiro atoms. The van der Waals surface area contributed by atoms with E-state index >= 15 is 0 Å². The van der Waals surface area contributed by atoms with Crippen LogP contribution in [0.2, 0.25) is 0 Å². The topological polar surface area (TPSA) is 84.0 Å². The normalized spacial score (nSPS) is 12.8. The fourth-order valence-corrected chi connectivity index (χ4v) is 3.32. The molecule has 0 fully saturated rings. The number of anilines is 1. The van der Waals surface area contributed by atoms with Crippen LogP contribution in [0.5, 0.6) is 0 Å². The summed E-state index contributed by atoms with van der Waals surface area (Å²) in [5.41, 5.74) is 1.85. The molecule has 6 nitrogen and oxygen atoms in total. The molecule has 2 atom stereocenters. The lowest BCUT2D eigenvalue weighted by Gasteiger charge is -2.18. The predicted octanol–water partition coefficient (Wildman–Crippen LogP) is 3.50. The largest absolute Gasteiger partial charge is 0.343 e. The van der Waals surface area contributed by atoms with Crippen molar-refractivity contribution in [1.82, 2.24) is 15.5 Å². The first-order valence-electron chi connectivity index (χ1n) is 8.71. The lowest BCUT2D eigenvalue weighted by atomic mass is 10.1. The van der Waals surface area contributed by atoms with E-state index in [0.29, 0.717) is 16.6 Å². The van der Waals surface area contributed by atoms with Crippen molar-refractivity contribution in [3.05, 3.63) is 66.2 Å². The Labute approximate surface area is 172 Å². The molecule has 0 unspecified atom stereocenters. The van der Waals surface area contributed by atoms with Gasteiger partial charge < -0.3 is 5.32 Å². The first-order chi connectivity index (χ1) is 13.5. The summed E-state index contributed by atoms with van der Waals surface area (Å²) in [5.74, 6) is -0.773. The molecule has 1 heterocycles. The van der Waals surface area contributed by atoms with Crippen molar-refractivity contribution in [3.63, 3.8) is 0 Å². The molecule has 0 aliphatic rings. The number of hydrogen-bond acceptors (Lipinski definition) is 5. The van der Waals surface area contributed by atoms with Crippen molar-refractivity contribution >= 4 is 39.9 Å². The Morgan fingerprint density at radius 3 is 2.29 bits per heavy atom. The van der Waals surface area contributed by atoms with Gasteiger partial charge in [0.2, 0.25) is 16.9 Å². The number of halogens is 1. The maximum absolute atomic E-state index is 12.8. The maximum atomic E-state index is 12.8. The predicted molar refractivity (Wildman–Crippen MR) is 111 cm³/mol. The van der Waals surface area contributed by atoms with E-state index in [1.807, 2.05) is 60.7 Å².